The number of carbonyl (C=O) groups is 1. The molecule has 0 radical (unpaired) electrons. The van der Waals surface area contributed by atoms with E-state index < -0.39 is 6.04 Å². The number of hydrogen-bond acceptors (Lipinski definition) is 3. The number of anilines is 2. The van der Waals surface area contributed by atoms with Gasteiger partial charge >= 0.3 is 0 Å². The number of rotatable bonds is 5. The Balaban J connectivity index is 1.97. The normalized spacial score (nSPS) is 11.8. The van der Waals surface area contributed by atoms with Crippen LogP contribution >= 0.6 is 11.6 Å². The van der Waals surface area contributed by atoms with Gasteiger partial charge in [-0.1, -0.05) is 23.7 Å². The van der Waals surface area contributed by atoms with Gasteiger partial charge in [-0.2, -0.15) is 0 Å². The van der Waals surface area contributed by atoms with Gasteiger partial charge in [0.25, 0.3) is 0 Å². The molecule has 0 saturated heterocycles. The molecular weight excluding hydrogens is 288 g/mol. The van der Waals surface area contributed by atoms with Crippen LogP contribution in [-0.4, -0.2) is 17.1 Å². The second-order valence-corrected chi connectivity index (χ2v) is 5.16. The van der Waals surface area contributed by atoms with Gasteiger partial charge < -0.3 is 15.7 Å². The zero-order valence-corrected chi connectivity index (χ0v) is 12.4. The highest BCUT2D eigenvalue weighted by Gasteiger charge is 2.12. The highest BCUT2D eigenvalue weighted by atomic mass is 35.5. The molecule has 0 aliphatic carbocycles. The maximum Gasteiger partial charge on any atom is 0.246 e. The van der Waals surface area contributed by atoms with Crippen LogP contribution in [0.4, 0.5) is 11.4 Å². The summed E-state index contributed by atoms with van der Waals surface area (Å²) in [5.74, 6) is -0.147. The average molecular weight is 305 g/mol. The minimum absolute atomic E-state index is 0.0269. The second-order valence-electron chi connectivity index (χ2n) is 4.72. The lowest BCUT2D eigenvalue weighted by atomic mass is 10.2. The van der Waals surface area contributed by atoms with Crippen LogP contribution in [0.2, 0.25) is 5.02 Å². The summed E-state index contributed by atoms with van der Waals surface area (Å²) in [4.78, 5) is 12.1. The Morgan fingerprint density at radius 2 is 1.90 bits per heavy atom. The molecule has 0 fully saturated rings. The van der Waals surface area contributed by atoms with Crippen LogP contribution < -0.4 is 10.6 Å². The first-order valence-corrected chi connectivity index (χ1v) is 6.99. The van der Waals surface area contributed by atoms with E-state index in [4.69, 9.17) is 16.7 Å². The molecule has 2 aromatic rings. The van der Waals surface area contributed by atoms with Crippen molar-refractivity contribution in [3.05, 3.63) is 59.1 Å². The van der Waals surface area contributed by atoms with E-state index in [1.165, 1.54) is 0 Å². The molecule has 5 heteroatoms. The molecular formula is C16H17ClN2O2. The predicted octanol–water partition coefficient (Wildman–Crippen LogP) is 3.27. The number of nitrogens with one attached hydrogen (secondary N) is 2. The van der Waals surface area contributed by atoms with Gasteiger partial charge in [0.1, 0.15) is 6.04 Å². The van der Waals surface area contributed by atoms with E-state index in [9.17, 15) is 4.79 Å². The molecule has 0 unspecified atom stereocenters. The van der Waals surface area contributed by atoms with Crippen molar-refractivity contribution in [3.8, 4) is 0 Å². The van der Waals surface area contributed by atoms with Gasteiger partial charge in [0.05, 0.1) is 6.61 Å². The topological polar surface area (TPSA) is 61.4 Å². The summed E-state index contributed by atoms with van der Waals surface area (Å²) in [5.41, 5.74) is 2.28. The zero-order valence-electron chi connectivity index (χ0n) is 11.6. The van der Waals surface area contributed by atoms with E-state index in [1.807, 2.05) is 24.3 Å². The first kappa shape index (κ1) is 15.4. The average Bonchev–Trinajstić information content (AvgIpc) is 2.49. The van der Waals surface area contributed by atoms with Crippen LogP contribution in [-0.2, 0) is 11.4 Å². The van der Waals surface area contributed by atoms with E-state index in [0.29, 0.717) is 10.7 Å². The lowest BCUT2D eigenvalue weighted by molar-refractivity contribution is -0.116. The number of carbonyl (C=O) groups excluding carboxylic acids is 1. The van der Waals surface area contributed by atoms with Crippen molar-refractivity contribution in [3.63, 3.8) is 0 Å². The Bertz CT molecular complexity index is 614. The SMILES string of the molecule is C[C@@H](Nc1cccc(CO)c1)C(=O)Nc1ccc(Cl)cc1. The first-order valence-electron chi connectivity index (χ1n) is 6.61. The molecule has 0 aliphatic heterocycles. The predicted molar refractivity (Wildman–Crippen MR) is 85.5 cm³/mol. The lowest BCUT2D eigenvalue weighted by Crippen LogP contribution is -2.31. The summed E-state index contributed by atoms with van der Waals surface area (Å²) in [6.45, 7) is 1.75. The molecule has 110 valence electrons. The summed E-state index contributed by atoms with van der Waals surface area (Å²) in [5, 5.41) is 15.6. The number of benzene rings is 2. The molecule has 0 spiro atoms. The van der Waals surface area contributed by atoms with Gasteiger partial charge in [0.2, 0.25) is 5.91 Å². The van der Waals surface area contributed by atoms with Crippen molar-refractivity contribution < 1.29 is 9.90 Å². The fourth-order valence-electron chi connectivity index (χ4n) is 1.86. The second kappa shape index (κ2) is 7.11. The number of hydrogen-bond donors (Lipinski definition) is 3. The molecule has 0 heterocycles. The maximum absolute atomic E-state index is 12.1. The fraction of sp³-hybridized carbons (Fsp3) is 0.188. The fourth-order valence-corrected chi connectivity index (χ4v) is 1.98. The van der Waals surface area contributed by atoms with Gasteiger partial charge in [-0.15, -0.1) is 0 Å². The molecule has 4 nitrogen and oxygen atoms in total. The van der Waals surface area contributed by atoms with E-state index in [0.717, 1.165) is 11.3 Å². The Kier molecular flexibility index (Phi) is 5.20. The molecule has 2 aromatic carbocycles. The standard InChI is InChI=1S/C16H17ClN2O2/c1-11(18-15-4-2-3-12(9-15)10-20)16(21)19-14-7-5-13(17)6-8-14/h2-9,11,18,20H,10H2,1H3,(H,19,21)/t11-/m1/s1. The molecule has 21 heavy (non-hydrogen) atoms. The molecule has 2 rings (SSSR count). The number of halogens is 1. The molecule has 1 atom stereocenters. The Labute approximate surface area is 128 Å². The van der Waals surface area contributed by atoms with Crippen LogP contribution in [0.3, 0.4) is 0 Å². The van der Waals surface area contributed by atoms with E-state index >= 15 is 0 Å². The number of aliphatic hydroxyl groups excluding tert-OH is 1. The van der Waals surface area contributed by atoms with Crippen molar-refractivity contribution in [1.29, 1.82) is 0 Å². The van der Waals surface area contributed by atoms with Crippen LogP contribution in [0.25, 0.3) is 0 Å². The minimum Gasteiger partial charge on any atom is -0.392 e. The third-order valence-electron chi connectivity index (χ3n) is 3.00. The molecule has 3 N–H and O–H groups in total. The van der Waals surface area contributed by atoms with Gasteiger partial charge in [0.15, 0.2) is 0 Å². The monoisotopic (exact) mass is 304 g/mol. The smallest absolute Gasteiger partial charge is 0.246 e. The van der Waals surface area contributed by atoms with Crippen molar-refractivity contribution in [2.75, 3.05) is 10.6 Å². The summed E-state index contributed by atoms with van der Waals surface area (Å²) >= 11 is 5.80. The molecule has 1 amide bonds. The van der Waals surface area contributed by atoms with Crippen LogP contribution in [0.15, 0.2) is 48.5 Å². The van der Waals surface area contributed by atoms with Crippen molar-refractivity contribution >= 4 is 28.9 Å². The summed E-state index contributed by atoms with van der Waals surface area (Å²) in [6, 6.07) is 13.9. The third kappa shape index (κ3) is 4.48. The van der Waals surface area contributed by atoms with Gasteiger partial charge in [-0.05, 0) is 48.9 Å². The molecule has 0 bridgehead atoms. The quantitative estimate of drug-likeness (QED) is 0.794. The molecule has 0 aliphatic rings. The van der Waals surface area contributed by atoms with Crippen LogP contribution in [0, 0.1) is 0 Å². The van der Waals surface area contributed by atoms with Crippen molar-refractivity contribution in [2.24, 2.45) is 0 Å². The Hall–Kier alpha value is -2.04. The lowest BCUT2D eigenvalue weighted by Gasteiger charge is -2.16. The molecule has 0 aromatic heterocycles. The minimum atomic E-state index is -0.408. The third-order valence-corrected chi connectivity index (χ3v) is 3.25. The van der Waals surface area contributed by atoms with Crippen LogP contribution in [0.5, 0.6) is 0 Å². The van der Waals surface area contributed by atoms with Gasteiger partial charge in [-0.25, -0.2) is 0 Å². The highest BCUT2D eigenvalue weighted by Crippen LogP contribution is 2.15. The molecule has 0 saturated carbocycles. The Morgan fingerprint density at radius 1 is 1.19 bits per heavy atom. The van der Waals surface area contributed by atoms with Gasteiger partial charge in [0, 0.05) is 16.4 Å². The number of aliphatic hydroxyl groups is 1. The Morgan fingerprint density at radius 3 is 2.57 bits per heavy atom. The first-order chi connectivity index (χ1) is 10.1. The highest BCUT2D eigenvalue weighted by molar-refractivity contribution is 6.30. The number of amides is 1. The summed E-state index contributed by atoms with van der Waals surface area (Å²) in [7, 11) is 0. The van der Waals surface area contributed by atoms with Crippen molar-refractivity contribution in [2.45, 2.75) is 19.6 Å². The summed E-state index contributed by atoms with van der Waals surface area (Å²) in [6.07, 6.45) is 0. The van der Waals surface area contributed by atoms with Gasteiger partial charge in [-0.3, -0.25) is 4.79 Å². The van der Waals surface area contributed by atoms with Crippen molar-refractivity contribution in [1.82, 2.24) is 0 Å². The zero-order chi connectivity index (χ0) is 15.2. The largest absolute Gasteiger partial charge is 0.392 e. The van der Waals surface area contributed by atoms with E-state index in [1.54, 1.807) is 31.2 Å². The van der Waals surface area contributed by atoms with E-state index in [-0.39, 0.29) is 12.5 Å². The van der Waals surface area contributed by atoms with Crippen LogP contribution in [0.1, 0.15) is 12.5 Å². The maximum atomic E-state index is 12.1. The summed E-state index contributed by atoms with van der Waals surface area (Å²) < 4.78 is 0. The van der Waals surface area contributed by atoms with E-state index in [2.05, 4.69) is 10.6 Å².